The Kier molecular flexibility index (Phi) is 15.1. The van der Waals surface area contributed by atoms with Crippen molar-refractivity contribution in [3.05, 3.63) is 42.7 Å². The summed E-state index contributed by atoms with van der Waals surface area (Å²) in [5, 5.41) is 0. The van der Waals surface area contributed by atoms with Gasteiger partial charge in [0.2, 0.25) is 0 Å². The summed E-state index contributed by atoms with van der Waals surface area (Å²) in [7, 11) is 0. The summed E-state index contributed by atoms with van der Waals surface area (Å²) in [6.45, 7) is 5.77. The lowest BCUT2D eigenvalue weighted by Crippen LogP contribution is -2.39. The maximum absolute atomic E-state index is 2.57. The van der Waals surface area contributed by atoms with Crippen LogP contribution in [0.1, 0.15) is 129 Å². The van der Waals surface area contributed by atoms with Crippen molar-refractivity contribution >= 4 is 5.69 Å². The number of hydrogen-bond donors (Lipinski definition) is 0. The van der Waals surface area contributed by atoms with Crippen molar-refractivity contribution < 1.29 is 0 Å². The van der Waals surface area contributed by atoms with E-state index in [9.17, 15) is 0 Å². The average molecular weight is 441 g/mol. The molecule has 0 saturated heterocycles. The van der Waals surface area contributed by atoms with Crippen molar-refractivity contribution in [3.8, 4) is 0 Å². The van der Waals surface area contributed by atoms with Crippen LogP contribution in [0.25, 0.3) is 0 Å². The van der Waals surface area contributed by atoms with Gasteiger partial charge in [0.25, 0.3) is 0 Å². The predicted molar refractivity (Wildman–Crippen MR) is 143 cm³/mol. The first-order valence-corrected chi connectivity index (χ1v) is 14.1. The highest BCUT2D eigenvalue weighted by Gasteiger charge is 2.26. The van der Waals surface area contributed by atoms with E-state index in [4.69, 9.17) is 0 Å². The zero-order valence-electron chi connectivity index (χ0n) is 21.4. The largest absolute Gasteiger partial charge is 0.356 e. The summed E-state index contributed by atoms with van der Waals surface area (Å²) >= 11 is 0. The Hall–Kier alpha value is -1.44. The molecule has 2 nitrogen and oxygen atoms in total. The van der Waals surface area contributed by atoms with Gasteiger partial charge < -0.3 is 9.80 Å². The Balaban J connectivity index is 1.51. The molecule has 0 fully saturated rings. The third kappa shape index (κ3) is 10.9. The monoisotopic (exact) mass is 440 g/mol. The van der Waals surface area contributed by atoms with E-state index >= 15 is 0 Å². The third-order valence-electron chi connectivity index (χ3n) is 7.01. The molecule has 0 aliphatic carbocycles. The molecule has 0 bridgehead atoms. The summed E-state index contributed by atoms with van der Waals surface area (Å²) in [6, 6.07) is 10.9. The van der Waals surface area contributed by atoms with Crippen LogP contribution in [-0.4, -0.2) is 17.6 Å². The first-order chi connectivity index (χ1) is 15.9. The lowest BCUT2D eigenvalue weighted by atomic mass is 10.0. The highest BCUT2D eigenvalue weighted by molar-refractivity contribution is 5.51. The van der Waals surface area contributed by atoms with Gasteiger partial charge in [-0.2, -0.15) is 0 Å². The average Bonchev–Trinajstić information content (AvgIpc) is 3.23. The number of rotatable bonds is 20. The van der Waals surface area contributed by atoms with Gasteiger partial charge in [0.1, 0.15) is 6.17 Å². The van der Waals surface area contributed by atoms with Gasteiger partial charge in [0.15, 0.2) is 0 Å². The Morgan fingerprint density at radius 3 is 1.59 bits per heavy atom. The smallest absolute Gasteiger partial charge is 0.105 e. The Labute approximate surface area is 200 Å². The maximum Gasteiger partial charge on any atom is 0.105 e. The number of nitrogens with zero attached hydrogens (tertiary/aromatic N) is 2. The van der Waals surface area contributed by atoms with Crippen LogP contribution in [0.4, 0.5) is 5.69 Å². The zero-order chi connectivity index (χ0) is 22.7. The molecule has 1 aromatic carbocycles. The second-order valence-corrected chi connectivity index (χ2v) is 9.85. The maximum atomic E-state index is 2.57. The van der Waals surface area contributed by atoms with Crippen LogP contribution in [0.5, 0.6) is 0 Å². The topological polar surface area (TPSA) is 6.48 Å². The molecular weight excluding hydrogens is 388 g/mol. The second kappa shape index (κ2) is 18.0. The molecule has 0 spiro atoms. The molecule has 1 aromatic rings. The Morgan fingerprint density at radius 1 is 0.562 bits per heavy atom. The quantitative estimate of drug-likeness (QED) is 0.186. The van der Waals surface area contributed by atoms with Crippen molar-refractivity contribution in [2.45, 2.75) is 136 Å². The molecule has 32 heavy (non-hydrogen) atoms. The molecule has 2 rings (SSSR count). The fourth-order valence-corrected chi connectivity index (χ4v) is 4.94. The summed E-state index contributed by atoms with van der Waals surface area (Å²) in [5.41, 5.74) is 1.33. The van der Waals surface area contributed by atoms with E-state index in [0.717, 1.165) is 0 Å². The van der Waals surface area contributed by atoms with Crippen LogP contribution < -0.4 is 4.90 Å². The van der Waals surface area contributed by atoms with Gasteiger partial charge in [-0.25, -0.2) is 0 Å². The van der Waals surface area contributed by atoms with Crippen LogP contribution in [-0.2, 0) is 0 Å². The molecule has 1 heterocycles. The van der Waals surface area contributed by atoms with Crippen LogP contribution in [0, 0.1) is 0 Å². The first kappa shape index (κ1) is 26.8. The third-order valence-corrected chi connectivity index (χ3v) is 7.01. The lowest BCUT2D eigenvalue weighted by Gasteiger charge is -2.33. The minimum Gasteiger partial charge on any atom is -0.356 e. The summed E-state index contributed by atoms with van der Waals surface area (Å²) in [5.74, 6) is 0. The van der Waals surface area contributed by atoms with E-state index in [2.05, 4.69) is 66.4 Å². The van der Waals surface area contributed by atoms with Gasteiger partial charge >= 0.3 is 0 Å². The summed E-state index contributed by atoms with van der Waals surface area (Å²) in [6.07, 6.45) is 30.4. The van der Waals surface area contributed by atoms with Crippen molar-refractivity contribution in [1.82, 2.24) is 4.90 Å². The molecule has 1 unspecified atom stereocenters. The van der Waals surface area contributed by atoms with E-state index in [-0.39, 0.29) is 0 Å². The predicted octanol–water partition coefficient (Wildman–Crippen LogP) is 9.67. The molecule has 0 amide bonds. The van der Waals surface area contributed by atoms with Gasteiger partial charge in [-0.1, -0.05) is 128 Å². The fraction of sp³-hybridized carbons (Fsp3) is 0.733. The molecule has 0 N–H and O–H groups in total. The molecule has 1 aliphatic rings. The fourth-order valence-electron chi connectivity index (χ4n) is 4.94. The van der Waals surface area contributed by atoms with Gasteiger partial charge in [0.05, 0.1) is 0 Å². The molecule has 2 heteroatoms. The standard InChI is InChI=1S/C30H52N2/c1-3-5-7-8-9-10-11-12-13-14-15-16-17-18-22-25-30-31(26-6-4-2)27-28-32(30)29-23-20-19-21-24-29/h19-21,23-24,27-28,30H,3-18,22,25-26H2,1-2H3. The van der Waals surface area contributed by atoms with Crippen LogP contribution >= 0.6 is 0 Å². The zero-order valence-corrected chi connectivity index (χ0v) is 21.4. The van der Waals surface area contributed by atoms with Gasteiger partial charge in [0, 0.05) is 24.6 Å². The second-order valence-electron chi connectivity index (χ2n) is 9.85. The molecule has 0 aromatic heterocycles. The summed E-state index contributed by atoms with van der Waals surface area (Å²) < 4.78 is 0. The molecule has 1 aliphatic heterocycles. The highest BCUT2D eigenvalue weighted by atomic mass is 15.4. The molecule has 0 saturated carbocycles. The van der Waals surface area contributed by atoms with Crippen LogP contribution in [0.2, 0.25) is 0 Å². The van der Waals surface area contributed by atoms with Gasteiger partial charge in [-0.3, -0.25) is 0 Å². The van der Waals surface area contributed by atoms with E-state index in [1.54, 1.807) is 0 Å². The van der Waals surface area contributed by atoms with Crippen molar-refractivity contribution in [3.63, 3.8) is 0 Å². The highest BCUT2D eigenvalue weighted by Crippen LogP contribution is 2.28. The minimum absolute atomic E-state index is 0.505. The van der Waals surface area contributed by atoms with E-state index in [1.165, 1.54) is 128 Å². The van der Waals surface area contributed by atoms with Crippen molar-refractivity contribution in [2.24, 2.45) is 0 Å². The number of hydrogen-bond acceptors (Lipinski definition) is 2. The van der Waals surface area contributed by atoms with E-state index < -0.39 is 0 Å². The molecule has 1 atom stereocenters. The molecule has 182 valence electrons. The normalized spacial score (nSPS) is 15.8. The van der Waals surface area contributed by atoms with E-state index in [0.29, 0.717) is 6.17 Å². The van der Waals surface area contributed by atoms with Crippen LogP contribution in [0.3, 0.4) is 0 Å². The number of para-hydroxylation sites is 1. The number of anilines is 1. The van der Waals surface area contributed by atoms with E-state index in [1.807, 2.05) is 0 Å². The SMILES string of the molecule is CCCCCCCCCCCCCCCCCC1N(CCCC)C=CN1c1ccccc1. The number of unbranched alkanes of at least 4 members (excludes halogenated alkanes) is 15. The molecule has 0 radical (unpaired) electrons. The van der Waals surface area contributed by atoms with Gasteiger partial charge in [-0.15, -0.1) is 0 Å². The Bertz CT molecular complexity index is 567. The van der Waals surface area contributed by atoms with Crippen molar-refractivity contribution in [1.29, 1.82) is 0 Å². The van der Waals surface area contributed by atoms with Crippen LogP contribution in [0.15, 0.2) is 42.7 Å². The van der Waals surface area contributed by atoms with Crippen molar-refractivity contribution in [2.75, 3.05) is 11.4 Å². The lowest BCUT2D eigenvalue weighted by molar-refractivity contribution is 0.275. The molecular formula is C30H52N2. The first-order valence-electron chi connectivity index (χ1n) is 14.1. The Morgan fingerprint density at radius 2 is 1.06 bits per heavy atom. The minimum atomic E-state index is 0.505. The van der Waals surface area contributed by atoms with Gasteiger partial charge in [-0.05, 0) is 31.4 Å². The summed E-state index contributed by atoms with van der Waals surface area (Å²) in [4.78, 5) is 5.06. The number of benzene rings is 1.